The van der Waals surface area contributed by atoms with Crippen LogP contribution in [0.15, 0.2) is 22.7 Å². The van der Waals surface area contributed by atoms with E-state index in [1.165, 1.54) is 6.07 Å². The number of rotatable bonds is 1. The Hall–Kier alpha value is -0.420. The van der Waals surface area contributed by atoms with Crippen molar-refractivity contribution in [1.82, 2.24) is 4.90 Å². The molecule has 0 aromatic heterocycles. The van der Waals surface area contributed by atoms with Gasteiger partial charge in [0.1, 0.15) is 5.82 Å². The van der Waals surface area contributed by atoms with Crippen molar-refractivity contribution in [3.05, 3.63) is 34.1 Å². The molecule has 2 nitrogen and oxygen atoms in total. The smallest absolute Gasteiger partial charge is 0.256 e. The fraction of sp³-hybridized carbons (Fsp3) is 0.417. The second kappa shape index (κ2) is 5.48. The number of benzene rings is 1. The number of hydrogen-bond donors (Lipinski definition) is 0. The molecule has 0 bridgehead atoms. The number of piperidine rings is 1. The van der Waals surface area contributed by atoms with Crippen LogP contribution in [0.2, 0.25) is 0 Å². The summed E-state index contributed by atoms with van der Waals surface area (Å²) in [6.07, 6.45) is 2.02. The van der Waals surface area contributed by atoms with Gasteiger partial charge in [-0.05, 0) is 40.9 Å². The quantitative estimate of drug-likeness (QED) is 0.697. The second-order valence-electron chi connectivity index (χ2n) is 4.09. The summed E-state index contributed by atoms with van der Waals surface area (Å²) in [6.45, 7) is 1.34. The first-order valence-corrected chi connectivity index (χ1v) is 7.18. The summed E-state index contributed by atoms with van der Waals surface area (Å²) in [7, 11) is 0. The molecule has 1 amide bonds. The zero-order chi connectivity index (χ0) is 12.4. The highest BCUT2D eigenvalue weighted by Gasteiger charge is 2.25. The number of halogens is 3. The first-order valence-electron chi connectivity index (χ1n) is 5.47. The third-order valence-corrected chi connectivity index (χ3v) is 4.19. The van der Waals surface area contributed by atoms with Gasteiger partial charge in [-0.25, -0.2) is 4.39 Å². The molecule has 1 fully saturated rings. The van der Waals surface area contributed by atoms with Gasteiger partial charge in [-0.15, -0.1) is 0 Å². The normalized spacial score (nSPS) is 20.4. The van der Waals surface area contributed by atoms with E-state index in [1.54, 1.807) is 17.0 Å². The van der Waals surface area contributed by atoms with Crippen LogP contribution in [0.5, 0.6) is 0 Å². The van der Waals surface area contributed by atoms with E-state index < -0.39 is 5.82 Å². The summed E-state index contributed by atoms with van der Waals surface area (Å²) in [4.78, 5) is 14.2. The number of likely N-dealkylation sites (tertiary alicyclic amines) is 1. The van der Waals surface area contributed by atoms with Crippen LogP contribution in [0.4, 0.5) is 4.39 Å². The maximum Gasteiger partial charge on any atom is 0.256 e. The first-order chi connectivity index (χ1) is 8.09. The topological polar surface area (TPSA) is 20.3 Å². The molecule has 1 unspecified atom stereocenters. The standard InChI is InChI=1S/C12H12Br2FNO/c13-8-3-2-6-16(7-8)12(17)9-4-1-5-10(14)11(9)15/h1,4-5,8H,2-3,6-7H2. The lowest BCUT2D eigenvalue weighted by Crippen LogP contribution is -2.40. The van der Waals surface area contributed by atoms with Gasteiger partial charge < -0.3 is 4.90 Å². The van der Waals surface area contributed by atoms with E-state index in [1.807, 2.05) is 0 Å². The summed E-state index contributed by atoms with van der Waals surface area (Å²) in [5.74, 6) is -0.706. The SMILES string of the molecule is O=C(c1cccc(Br)c1F)N1CCCC(Br)C1. The molecular formula is C12H12Br2FNO. The Kier molecular flexibility index (Phi) is 4.20. The molecule has 17 heavy (non-hydrogen) atoms. The molecule has 5 heteroatoms. The Labute approximate surface area is 116 Å². The maximum atomic E-state index is 13.8. The number of carbonyl (C=O) groups is 1. The lowest BCUT2D eigenvalue weighted by Gasteiger charge is -2.30. The number of nitrogens with zero attached hydrogens (tertiary/aromatic N) is 1. The summed E-state index contributed by atoms with van der Waals surface area (Å²) >= 11 is 6.60. The van der Waals surface area contributed by atoms with E-state index >= 15 is 0 Å². The minimum atomic E-state index is -0.478. The lowest BCUT2D eigenvalue weighted by atomic mass is 10.1. The molecule has 1 aromatic rings. The zero-order valence-electron chi connectivity index (χ0n) is 9.13. The molecule has 1 aromatic carbocycles. The average Bonchev–Trinajstić information content (AvgIpc) is 2.32. The molecule has 1 heterocycles. The van der Waals surface area contributed by atoms with E-state index in [9.17, 15) is 9.18 Å². The highest BCUT2D eigenvalue weighted by Crippen LogP contribution is 2.23. The van der Waals surface area contributed by atoms with Crippen LogP contribution < -0.4 is 0 Å². The van der Waals surface area contributed by atoms with Gasteiger partial charge in [-0.2, -0.15) is 0 Å². The first kappa shape index (κ1) is 13.0. The molecule has 0 N–H and O–H groups in total. The van der Waals surface area contributed by atoms with Crippen molar-refractivity contribution in [2.24, 2.45) is 0 Å². The molecule has 1 aliphatic rings. The average molecular weight is 365 g/mol. The van der Waals surface area contributed by atoms with Crippen molar-refractivity contribution in [2.75, 3.05) is 13.1 Å². The van der Waals surface area contributed by atoms with E-state index in [2.05, 4.69) is 31.9 Å². The van der Waals surface area contributed by atoms with Gasteiger partial charge in [0.15, 0.2) is 0 Å². The molecule has 1 aliphatic heterocycles. The van der Waals surface area contributed by atoms with Gasteiger partial charge in [0.2, 0.25) is 0 Å². The predicted octanol–water partition coefficient (Wildman–Crippen LogP) is 3.59. The fourth-order valence-corrected chi connectivity index (χ4v) is 2.99. The van der Waals surface area contributed by atoms with E-state index in [0.29, 0.717) is 22.4 Å². The number of alkyl halides is 1. The Balaban J connectivity index is 2.22. The van der Waals surface area contributed by atoms with Crippen molar-refractivity contribution >= 4 is 37.8 Å². The van der Waals surface area contributed by atoms with Crippen molar-refractivity contribution in [1.29, 1.82) is 0 Å². The Morgan fingerprint density at radius 3 is 2.94 bits per heavy atom. The summed E-state index contributed by atoms with van der Waals surface area (Å²) in [5.41, 5.74) is 0.140. The molecule has 0 saturated carbocycles. The van der Waals surface area contributed by atoms with Gasteiger partial charge in [0, 0.05) is 17.9 Å². The largest absolute Gasteiger partial charge is 0.337 e. The zero-order valence-corrected chi connectivity index (χ0v) is 12.3. The number of hydrogen-bond acceptors (Lipinski definition) is 1. The predicted molar refractivity (Wildman–Crippen MR) is 72.0 cm³/mol. The number of carbonyl (C=O) groups excluding carboxylic acids is 1. The molecule has 1 atom stereocenters. The fourth-order valence-electron chi connectivity index (χ4n) is 1.95. The van der Waals surface area contributed by atoms with Crippen molar-refractivity contribution < 1.29 is 9.18 Å². The van der Waals surface area contributed by atoms with E-state index in [-0.39, 0.29) is 11.5 Å². The lowest BCUT2D eigenvalue weighted by molar-refractivity contribution is 0.0725. The summed E-state index contributed by atoms with van der Waals surface area (Å²) in [6, 6.07) is 4.80. The Morgan fingerprint density at radius 2 is 2.24 bits per heavy atom. The molecule has 0 radical (unpaired) electrons. The van der Waals surface area contributed by atoms with Gasteiger partial charge in [-0.3, -0.25) is 4.79 Å². The third kappa shape index (κ3) is 2.88. The highest BCUT2D eigenvalue weighted by molar-refractivity contribution is 9.10. The Morgan fingerprint density at radius 1 is 1.47 bits per heavy atom. The highest BCUT2D eigenvalue weighted by atomic mass is 79.9. The van der Waals surface area contributed by atoms with E-state index in [0.717, 1.165) is 12.8 Å². The molecule has 0 spiro atoms. The molecule has 92 valence electrons. The van der Waals surface area contributed by atoms with Crippen molar-refractivity contribution in [3.63, 3.8) is 0 Å². The molecule has 2 rings (SSSR count). The van der Waals surface area contributed by atoms with Crippen LogP contribution in [-0.4, -0.2) is 28.7 Å². The van der Waals surface area contributed by atoms with Gasteiger partial charge in [-0.1, -0.05) is 22.0 Å². The van der Waals surface area contributed by atoms with Crippen LogP contribution in [-0.2, 0) is 0 Å². The van der Waals surface area contributed by atoms with Crippen molar-refractivity contribution in [2.45, 2.75) is 17.7 Å². The summed E-state index contributed by atoms with van der Waals surface area (Å²) in [5, 5.41) is 0. The van der Waals surface area contributed by atoms with Gasteiger partial charge in [0.25, 0.3) is 5.91 Å². The van der Waals surface area contributed by atoms with Crippen molar-refractivity contribution in [3.8, 4) is 0 Å². The van der Waals surface area contributed by atoms with Crippen LogP contribution in [0.1, 0.15) is 23.2 Å². The van der Waals surface area contributed by atoms with Crippen LogP contribution in [0, 0.1) is 5.82 Å². The molecule has 0 aliphatic carbocycles. The van der Waals surface area contributed by atoms with Gasteiger partial charge >= 0.3 is 0 Å². The van der Waals surface area contributed by atoms with E-state index in [4.69, 9.17) is 0 Å². The number of amides is 1. The molecular weight excluding hydrogens is 353 g/mol. The second-order valence-corrected chi connectivity index (χ2v) is 6.24. The minimum Gasteiger partial charge on any atom is -0.337 e. The third-order valence-electron chi connectivity index (χ3n) is 2.83. The minimum absolute atomic E-state index is 0.140. The Bertz CT molecular complexity index is 439. The molecule has 1 saturated heterocycles. The van der Waals surface area contributed by atoms with Crippen LogP contribution in [0.25, 0.3) is 0 Å². The summed E-state index contributed by atoms with van der Waals surface area (Å²) < 4.78 is 14.1. The van der Waals surface area contributed by atoms with Crippen LogP contribution in [0.3, 0.4) is 0 Å². The monoisotopic (exact) mass is 363 g/mol. The van der Waals surface area contributed by atoms with Gasteiger partial charge in [0.05, 0.1) is 10.0 Å². The van der Waals surface area contributed by atoms with Crippen LogP contribution >= 0.6 is 31.9 Å². The maximum absolute atomic E-state index is 13.8.